The molecule has 0 aromatic heterocycles. The predicted octanol–water partition coefficient (Wildman–Crippen LogP) is 5.84. The summed E-state index contributed by atoms with van der Waals surface area (Å²) in [4.78, 5) is 26.1. The first-order valence-corrected chi connectivity index (χ1v) is 14.1. The Morgan fingerprint density at radius 2 is 1.30 bits per heavy atom. The normalized spacial score (nSPS) is 11.4. The number of ether oxygens (including phenoxy) is 1. The average molecular weight is 558 g/mol. The van der Waals surface area contributed by atoms with Crippen LogP contribution in [-0.2, 0) is 14.8 Å². The molecule has 4 aromatic rings. The SMILES string of the molecule is CC(C)(C)NC(=O)c1ccccc1NC(=O)CN(c1ccc(Oc2ccccc2)cc1)S(=O)(=O)c1ccccc1. The second-order valence-corrected chi connectivity index (χ2v) is 11.9. The zero-order valence-corrected chi connectivity index (χ0v) is 23.3. The molecule has 0 heterocycles. The fraction of sp³-hybridized carbons (Fsp3) is 0.161. The highest BCUT2D eigenvalue weighted by molar-refractivity contribution is 7.92. The molecular weight excluding hydrogens is 526 g/mol. The van der Waals surface area contributed by atoms with Crippen LogP contribution in [0, 0.1) is 0 Å². The molecule has 2 amide bonds. The number of rotatable bonds is 9. The Morgan fingerprint density at radius 1 is 0.750 bits per heavy atom. The van der Waals surface area contributed by atoms with E-state index < -0.39 is 28.0 Å². The molecule has 0 aliphatic heterocycles. The van der Waals surface area contributed by atoms with Crippen LogP contribution in [0.15, 0.2) is 114 Å². The van der Waals surface area contributed by atoms with Gasteiger partial charge in [0.2, 0.25) is 5.91 Å². The van der Waals surface area contributed by atoms with E-state index >= 15 is 0 Å². The van der Waals surface area contributed by atoms with Crippen molar-refractivity contribution in [2.45, 2.75) is 31.2 Å². The van der Waals surface area contributed by atoms with Gasteiger partial charge in [-0.05, 0) is 81.4 Å². The number of carbonyl (C=O) groups is 2. The van der Waals surface area contributed by atoms with E-state index in [1.165, 1.54) is 12.1 Å². The first-order chi connectivity index (χ1) is 19.0. The summed E-state index contributed by atoms with van der Waals surface area (Å²) >= 11 is 0. The standard InChI is InChI=1S/C31H31N3O5S/c1-31(2,3)33-30(36)27-16-10-11-17-28(27)32-29(35)22-34(40(37,38)26-14-8-5-9-15-26)23-18-20-25(21-19-23)39-24-12-6-4-7-13-24/h4-21H,22H2,1-3H3,(H,32,35)(H,33,36). The second-order valence-electron chi connectivity index (χ2n) is 10.0. The van der Waals surface area contributed by atoms with Gasteiger partial charge in [0.05, 0.1) is 21.8 Å². The van der Waals surface area contributed by atoms with Crippen LogP contribution in [0.2, 0.25) is 0 Å². The van der Waals surface area contributed by atoms with Crippen molar-refractivity contribution in [3.63, 3.8) is 0 Å². The monoisotopic (exact) mass is 557 g/mol. The van der Waals surface area contributed by atoms with Crippen LogP contribution in [0.1, 0.15) is 31.1 Å². The maximum absolute atomic E-state index is 13.7. The summed E-state index contributed by atoms with van der Waals surface area (Å²) < 4.78 is 34.2. The third kappa shape index (κ3) is 7.27. The van der Waals surface area contributed by atoms with Crippen molar-refractivity contribution in [1.82, 2.24) is 5.32 Å². The molecule has 0 saturated carbocycles. The molecule has 4 aromatic carbocycles. The van der Waals surface area contributed by atoms with Crippen LogP contribution >= 0.6 is 0 Å². The topological polar surface area (TPSA) is 105 Å². The molecule has 0 aliphatic carbocycles. The van der Waals surface area contributed by atoms with Gasteiger partial charge in [0.15, 0.2) is 0 Å². The van der Waals surface area contributed by atoms with Crippen LogP contribution in [-0.4, -0.2) is 32.3 Å². The van der Waals surface area contributed by atoms with Crippen LogP contribution in [0.5, 0.6) is 11.5 Å². The molecule has 0 aliphatic rings. The Bertz CT molecular complexity index is 1570. The minimum atomic E-state index is -4.11. The van der Waals surface area contributed by atoms with Crippen LogP contribution in [0.3, 0.4) is 0 Å². The Balaban J connectivity index is 1.61. The van der Waals surface area contributed by atoms with Gasteiger partial charge in [-0.1, -0.05) is 48.5 Å². The minimum Gasteiger partial charge on any atom is -0.457 e. The third-order valence-electron chi connectivity index (χ3n) is 5.66. The first kappa shape index (κ1) is 28.4. The van der Waals surface area contributed by atoms with E-state index in [2.05, 4.69) is 10.6 Å². The van der Waals surface area contributed by atoms with E-state index in [4.69, 9.17) is 4.74 Å². The lowest BCUT2D eigenvalue weighted by atomic mass is 10.1. The molecule has 8 nitrogen and oxygen atoms in total. The molecule has 2 N–H and O–H groups in total. The molecule has 0 radical (unpaired) electrons. The number of hydrogen-bond acceptors (Lipinski definition) is 5. The van der Waals surface area contributed by atoms with E-state index in [-0.39, 0.29) is 27.7 Å². The minimum absolute atomic E-state index is 0.0392. The summed E-state index contributed by atoms with van der Waals surface area (Å²) in [6, 6.07) is 30.1. The maximum atomic E-state index is 13.7. The third-order valence-corrected chi connectivity index (χ3v) is 7.44. The maximum Gasteiger partial charge on any atom is 0.264 e. The van der Waals surface area contributed by atoms with Gasteiger partial charge in [-0.25, -0.2) is 8.42 Å². The van der Waals surface area contributed by atoms with Crippen molar-refractivity contribution in [3.8, 4) is 11.5 Å². The van der Waals surface area contributed by atoms with Gasteiger partial charge in [0.1, 0.15) is 18.0 Å². The number of carbonyl (C=O) groups excluding carboxylic acids is 2. The molecule has 0 unspecified atom stereocenters. The van der Waals surface area contributed by atoms with E-state index in [1.807, 2.05) is 51.1 Å². The van der Waals surface area contributed by atoms with Crippen molar-refractivity contribution < 1.29 is 22.7 Å². The van der Waals surface area contributed by atoms with Crippen molar-refractivity contribution in [3.05, 3.63) is 115 Å². The smallest absolute Gasteiger partial charge is 0.264 e. The van der Waals surface area contributed by atoms with Gasteiger partial charge in [-0.3, -0.25) is 13.9 Å². The van der Waals surface area contributed by atoms with Gasteiger partial charge < -0.3 is 15.4 Å². The van der Waals surface area contributed by atoms with Crippen molar-refractivity contribution in [2.75, 3.05) is 16.2 Å². The molecule has 4 rings (SSSR count). The lowest BCUT2D eigenvalue weighted by Gasteiger charge is -2.25. The van der Waals surface area contributed by atoms with Crippen LogP contribution in [0.25, 0.3) is 0 Å². The van der Waals surface area contributed by atoms with Gasteiger partial charge >= 0.3 is 0 Å². The number of benzene rings is 4. The molecule has 0 fully saturated rings. The number of hydrogen-bond donors (Lipinski definition) is 2. The van der Waals surface area contributed by atoms with Gasteiger partial charge in [-0.2, -0.15) is 0 Å². The molecule has 0 saturated heterocycles. The number of nitrogens with one attached hydrogen (secondary N) is 2. The van der Waals surface area contributed by atoms with Gasteiger partial charge in [0.25, 0.3) is 15.9 Å². The average Bonchev–Trinajstić information content (AvgIpc) is 2.92. The van der Waals surface area contributed by atoms with E-state index in [9.17, 15) is 18.0 Å². The Labute approximate surface area is 234 Å². The lowest BCUT2D eigenvalue weighted by molar-refractivity contribution is -0.114. The molecule has 0 spiro atoms. The molecule has 40 heavy (non-hydrogen) atoms. The summed E-state index contributed by atoms with van der Waals surface area (Å²) in [6.07, 6.45) is 0. The summed E-state index contributed by atoms with van der Waals surface area (Å²) in [5.41, 5.74) is 0.340. The van der Waals surface area contributed by atoms with E-state index in [0.717, 1.165) is 4.31 Å². The van der Waals surface area contributed by atoms with Crippen molar-refractivity contribution in [2.24, 2.45) is 0 Å². The summed E-state index contributed by atoms with van der Waals surface area (Å²) in [5, 5.41) is 5.59. The van der Waals surface area contributed by atoms with E-state index in [0.29, 0.717) is 11.5 Å². The predicted molar refractivity (Wildman–Crippen MR) is 156 cm³/mol. The molecule has 0 bridgehead atoms. The van der Waals surface area contributed by atoms with Crippen molar-refractivity contribution in [1.29, 1.82) is 0 Å². The fourth-order valence-electron chi connectivity index (χ4n) is 3.86. The number of anilines is 2. The fourth-order valence-corrected chi connectivity index (χ4v) is 5.30. The molecular formula is C31H31N3O5S. The van der Waals surface area contributed by atoms with Crippen LogP contribution in [0.4, 0.5) is 11.4 Å². The largest absolute Gasteiger partial charge is 0.457 e. The van der Waals surface area contributed by atoms with Gasteiger partial charge in [0, 0.05) is 5.54 Å². The number of sulfonamides is 1. The highest BCUT2D eigenvalue weighted by Crippen LogP contribution is 2.28. The first-order valence-electron chi connectivity index (χ1n) is 12.7. The number of nitrogens with zero attached hydrogens (tertiary/aromatic N) is 1. The van der Waals surface area contributed by atoms with Gasteiger partial charge in [-0.15, -0.1) is 0 Å². The van der Waals surface area contributed by atoms with Crippen LogP contribution < -0.4 is 19.7 Å². The molecule has 9 heteroatoms. The highest BCUT2D eigenvalue weighted by atomic mass is 32.2. The Kier molecular flexibility index (Phi) is 8.55. The number of para-hydroxylation sites is 2. The zero-order chi connectivity index (χ0) is 28.8. The molecule has 206 valence electrons. The second kappa shape index (κ2) is 12.0. The molecule has 0 atom stereocenters. The van der Waals surface area contributed by atoms with Crippen molar-refractivity contribution >= 4 is 33.2 Å². The summed E-state index contributed by atoms with van der Waals surface area (Å²) in [7, 11) is -4.11. The highest BCUT2D eigenvalue weighted by Gasteiger charge is 2.28. The summed E-state index contributed by atoms with van der Waals surface area (Å²) in [6.45, 7) is 5.04. The van der Waals surface area contributed by atoms with E-state index in [1.54, 1.807) is 66.7 Å². The summed E-state index contributed by atoms with van der Waals surface area (Å²) in [5.74, 6) is 0.180. The lowest BCUT2D eigenvalue weighted by Crippen LogP contribution is -2.41. The zero-order valence-electron chi connectivity index (χ0n) is 22.5. The Morgan fingerprint density at radius 3 is 1.93 bits per heavy atom. The Hall–Kier alpha value is -4.63. The quantitative estimate of drug-likeness (QED) is 0.269. The number of amides is 2.